The van der Waals surface area contributed by atoms with E-state index in [1.165, 1.54) is 11.3 Å². The molecule has 0 bridgehead atoms. The molecule has 3 rings (SSSR count). The van der Waals surface area contributed by atoms with Crippen LogP contribution in [-0.4, -0.2) is 27.4 Å². The second-order valence-electron chi connectivity index (χ2n) is 3.91. The minimum atomic E-state index is 0. The van der Waals surface area contributed by atoms with Crippen LogP contribution in [0.2, 0.25) is 0 Å². The van der Waals surface area contributed by atoms with Crippen molar-refractivity contribution in [3.63, 3.8) is 0 Å². The van der Waals surface area contributed by atoms with Crippen LogP contribution in [0.5, 0.6) is 0 Å². The molecule has 2 N–H and O–H groups in total. The summed E-state index contributed by atoms with van der Waals surface area (Å²) in [5, 5.41) is 0.469. The van der Waals surface area contributed by atoms with Crippen LogP contribution < -0.4 is 10.6 Å². The number of nitrogens with zero attached hydrogens (tertiary/aromatic N) is 4. The van der Waals surface area contributed by atoms with Crippen LogP contribution in [0.1, 0.15) is 19.3 Å². The fourth-order valence-corrected chi connectivity index (χ4v) is 2.56. The van der Waals surface area contributed by atoms with Crippen LogP contribution in [0.4, 0.5) is 11.1 Å². The molecule has 1 aliphatic rings. The number of carbonyl (C=O) groups excluding carboxylic acids is 1. The van der Waals surface area contributed by atoms with Gasteiger partial charge in [0.05, 0.1) is 6.20 Å². The zero-order valence-electron chi connectivity index (χ0n) is 9.50. The molecular formula is C10H12ClN5OS. The van der Waals surface area contributed by atoms with E-state index >= 15 is 0 Å². The maximum atomic E-state index is 11.7. The van der Waals surface area contributed by atoms with Crippen molar-refractivity contribution in [1.82, 2.24) is 15.0 Å². The van der Waals surface area contributed by atoms with Crippen LogP contribution in [-0.2, 0) is 4.79 Å². The molecule has 18 heavy (non-hydrogen) atoms. The zero-order chi connectivity index (χ0) is 11.8. The number of hydrogen-bond acceptors (Lipinski definition) is 6. The first-order valence-electron chi connectivity index (χ1n) is 5.43. The Morgan fingerprint density at radius 1 is 1.33 bits per heavy atom. The van der Waals surface area contributed by atoms with Gasteiger partial charge in [-0.05, 0) is 12.8 Å². The number of aromatic nitrogens is 3. The summed E-state index contributed by atoms with van der Waals surface area (Å²) in [6, 6.07) is 0. The van der Waals surface area contributed by atoms with Crippen molar-refractivity contribution >= 4 is 51.1 Å². The van der Waals surface area contributed by atoms with Gasteiger partial charge in [0.1, 0.15) is 5.52 Å². The fourth-order valence-electron chi connectivity index (χ4n) is 1.89. The lowest BCUT2D eigenvalue weighted by atomic mass is 10.1. The van der Waals surface area contributed by atoms with E-state index in [2.05, 4.69) is 15.0 Å². The van der Waals surface area contributed by atoms with Gasteiger partial charge in [-0.1, -0.05) is 11.3 Å². The molecule has 8 heteroatoms. The van der Waals surface area contributed by atoms with E-state index < -0.39 is 0 Å². The number of halogens is 1. The Kier molecular flexibility index (Phi) is 3.63. The first kappa shape index (κ1) is 13.0. The molecule has 1 aliphatic heterocycles. The van der Waals surface area contributed by atoms with Gasteiger partial charge in [-0.3, -0.25) is 9.69 Å². The van der Waals surface area contributed by atoms with Crippen molar-refractivity contribution in [1.29, 1.82) is 0 Å². The first-order chi connectivity index (χ1) is 8.24. The van der Waals surface area contributed by atoms with Crippen molar-refractivity contribution in [2.75, 3.05) is 17.2 Å². The van der Waals surface area contributed by atoms with Crippen molar-refractivity contribution in [2.45, 2.75) is 19.3 Å². The predicted molar refractivity (Wildman–Crippen MR) is 73.1 cm³/mol. The normalized spacial score (nSPS) is 15.8. The van der Waals surface area contributed by atoms with Gasteiger partial charge in [-0.25, -0.2) is 9.97 Å². The number of carbonyl (C=O) groups is 1. The number of piperidine rings is 1. The fraction of sp³-hybridized carbons (Fsp3) is 0.400. The Bertz CT molecular complexity index is 587. The van der Waals surface area contributed by atoms with Crippen molar-refractivity contribution in [3.8, 4) is 0 Å². The molecule has 2 aromatic heterocycles. The highest BCUT2D eigenvalue weighted by Crippen LogP contribution is 2.24. The molecule has 96 valence electrons. The molecule has 1 fully saturated rings. The average molecular weight is 286 g/mol. The highest BCUT2D eigenvalue weighted by atomic mass is 35.5. The van der Waals surface area contributed by atoms with Crippen LogP contribution in [0.25, 0.3) is 10.3 Å². The largest absolute Gasteiger partial charge is 0.375 e. The minimum Gasteiger partial charge on any atom is -0.375 e. The molecule has 0 unspecified atom stereocenters. The Hall–Kier alpha value is -1.47. The van der Waals surface area contributed by atoms with Gasteiger partial charge in [-0.2, -0.15) is 4.98 Å². The summed E-state index contributed by atoms with van der Waals surface area (Å²) in [5.41, 5.74) is 6.29. The maximum absolute atomic E-state index is 11.7. The number of amides is 1. The third kappa shape index (κ3) is 2.23. The van der Waals surface area contributed by atoms with E-state index in [0.717, 1.165) is 17.7 Å². The summed E-state index contributed by atoms with van der Waals surface area (Å²) in [6.07, 6.45) is 4.14. The topological polar surface area (TPSA) is 85.0 Å². The van der Waals surface area contributed by atoms with E-state index in [9.17, 15) is 4.79 Å². The van der Waals surface area contributed by atoms with Gasteiger partial charge in [0.2, 0.25) is 11.9 Å². The van der Waals surface area contributed by atoms with E-state index in [0.29, 0.717) is 29.6 Å². The van der Waals surface area contributed by atoms with E-state index in [-0.39, 0.29) is 18.3 Å². The molecule has 1 amide bonds. The summed E-state index contributed by atoms with van der Waals surface area (Å²) in [7, 11) is 0. The molecule has 0 aliphatic carbocycles. The average Bonchev–Trinajstić information content (AvgIpc) is 2.68. The smallest absolute Gasteiger partial charge is 0.233 e. The molecule has 0 spiro atoms. The van der Waals surface area contributed by atoms with Gasteiger partial charge >= 0.3 is 0 Å². The van der Waals surface area contributed by atoms with Crippen LogP contribution >= 0.6 is 23.7 Å². The third-order valence-corrected chi connectivity index (χ3v) is 3.51. The highest BCUT2D eigenvalue weighted by Gasteiger charge is 2.22. The van der Waals surface area contributed by atoms with Crippen LogP contribution in [0, 0.1) is 0 Å². The number of nitrogens with two attached hydrogens (primary N) is 1. The summed E-state index contributed by atoms with van der Waals surface area (Å²) in [4.78, 5) is 26.7. The van der Waals surface area contributed by atoms with E-state index in [1.54, 1.807) is 11.1 Å². The molecule has 3 heterocycles. The summed E-state index contributed by atoms with van der Waals surface area (Å²) >= 11 is 1.31. The van der Waals surface area contributed by atoms with Gasteiger partial charge in [0.15, 0.2) is 9.96 Å². The molecule has 0 aromatic carbocycles. The van der Waals surface area contributed by atoms with Gasteiger partial charge in [-0.15, -0.1) is 12.4 Å². The molecular weight excluding hydrogens is 274 g/mol. The van der Waals surface area contributed by atoms with Gasteiger partial charge < -0.3 is 5.73 Å². The summed E-state index contributed by atoms with van der Waals surface area (Å²) < 4.78 is 0. The standard InChI is InChI=1S/C10H11N5OS.ClH/c11-9-13-6-5-12-10(14-8(6)17-9)15-4-2-1-3-7(15)16;/h5H,1-4H2,(H2,11,13);1H. The molecule has 0 radical (unpaired) electrons. The zero-order valence-corrected chi connectivity index (χ0v) is 11.1. The Morgan fingerprint density at radius 2 is 2.17 bits per heavy atom. The van der Waals surface area contributed by atoms with Crippen molar-refractivity contribution in [3.05, 3.63) is 6.20 Å². The molecule has 0 atom stereocenters. The highest BCUT2D eigenvalue weighted by molar-refractivity contribution is 7.21. The predicted octanol–water partition coefficient (Wildman–Crippen LogP) is 1.61. The Labute approximate surface area is 114 Å². The molecule has 0 saturated carbocycles. The third-order valence-electron chi connectivity index (χ3n) is 2.72. The quantitative estimate of drug-likeness (QED) is 0.860. The van der Waals surface area contributed by atoms with Crippen molar-refractivity contribution in [2.24, 2.45) is 0 Å². The van der Waals surface area contributed by atoms with Gasteiger partial charge in [0.25, 0.3) is 0 Å². The van der Waals surface area contributed by atoms with Crippen LogP contribution in [0.15, 0.2) is 6.20 Å². The Balaban J connectivity index is 0.00000120. The lowest BCUT2D eigenvalue weighted by molar-refractivity contribution is -0.119. The van der Waals surface area contributed by atoms with Gasteiger partial charge in [0, 0.05) is 13.0 Å². The minimum absolute atomic E-state index is 0. The van der Waals surface area contributed by atoms with E-state index in [1.807, 2.05) is 0 Å². The SMILES string of the molecule is Cl.Nc1nc2cnc(N3CCCCC3=O)nc2s1. The van der Waals surface area contributed by atoms with E-state index in [4.69, 9.17) is 5.73 Å². The van der Waals surface area contributed by atoms with Crippen molar-refractivity contribution < 1.29 is 4.79 Å². The number of rotatable bonds is 1. The monoisotopic (exact) mass is 285 g/mol. The number of nitrogen functional groups attached to an aromatic ring is 1. The molecule has 2 aromatic rings. The number of hydrogen-bond donors (Lipinski definition) is 1. The molecule has 1 saturated heterocycles. The second-order valence-corrected chi connectivity index (χ2v) is 4.92. The number of thiazole rings is 1. The number of anilines is 2. The lowest BCUT2D eigenvalue weighted by Crippen LogP contribution is -2.36. The second kappa shape index (κ2) is 5.03. The maximum Gasteiger partial charge on any atom is 0.233 e. The summed E-state index contributed by atoms with van der Waals surface area (Å²) in [6.45, 7) is 0.693. The summed E-state index contributed by atoms with van der Waals surface area (Å²) in [5.74, 6) is 0.555. The first-order valence-corrected chi connectivity index (χ1v) is 6.25. The van der Waals surface area contributed by atoms with Crippen LogP contribution in [0.3, 0.4) is 0 Å². The Morgan fingerprint density at radius 3 is 2.94 bits per heavy atom. The molecule has 6 nitrogen and oxygen atoms in total. The number of fused-ring (bicyclic) bond motifs is 1. The lowest BCUT2D eigenvalue weighted by Gasteiger charge is -2.24.